The van der Waals surface area contributed by atoms with E-state index in [-0.39, 0.29) is 5.92 Å². The number of aliphatic hydroxyl groups is 2. The molecule has 0 aliphatic rings. The van der Waals surface area contributed by atoms with E-state index in [4.69, 9.17) is 10.8 Å². The minimum absolute atomic E-state index is 0.137. The monoisotopic (exact) mass is 376 g/mol. The summed E-state index contributed by atoms with van der Waals surface area (Å²) in [5, 5.41) is 34.5. The fourth-order valence-electron chi connectivity index (χ4n) is 1.85. The first kappa shape index (κ1) is 23.8. The second kappa shape index (κ2) is 10.7. The van der Waals surface area contributed by atoms with E-state index in [1.807, 2.05) is 5.32 Å². The van der Waals surface area contributed by atoms with Crippen molar-refractivity contribution in [1.82, 2.24) is 16.0 Å². The number of carboxylic acid groups (broad SMARTS) is 1. The number of carbonyl (C=O) groups excluding carboxylic acids is 3. The number of nitrogens with one attached hydrogen (secondary N) is 3. The first-order valence-corrected chi connectivity index (χ1v) is 8.10. The van der Waals surface area contributed by atoms with Crippen molar-refractivity contribution in [3.63, 3.8) is 0 Å². The van der Waals surface area contributed by atoms with E-state index >= 15 is 0 Å². The highest BCUT2D eigenvalue weighted by molar-refractivity contribution is 5.93. The summed E-state index contributed by atoms with van der Waals surface area (Å²) < 4.78 is 0. The summed E-state index contributed by atoms with van der Waals surface area (Å²) in [4.78, 5) is 46.7. The maximum absolute atomic E-state index is 12.1. The second-order valence-corrected chi connectivity index (χ2v) is 6.34. The van der Waals surface area contributed by atoms with Crippen molar-refractivity contribution in [3.8, 4) is 0 Å². The fraction of sp³-hybridized carbons (Fsp3) is 0.733. The SMILES string of the molecule is CC(C)C(N)C(=O)NCC(=O)NC(C(=O)NC(C(=O)O)C(C)O)C(C)O. The molecule has 0 bridgehead atoms. The molecule has 11 heteroatoms. The number of nitrogens with two attached hydrogens (primary N) is 1. The third kappa shape index (κ3) is 7.76. The zero-order chi connectivity index (χ0) is 20.6. The topological polar surface area (TPSA) is 191 Å². The molecule has 0 saturated carbocycles. The number of hydrogen-bond acceptors (Lipinski definition) is 7. The molecule has 5 atom stereocenters. The van der Waals surface area contributed by atoms with E-state index < -0.39 is 60.6 Å². The van der Waals surface area contributed by atoms with Gasteiger partial charge in [-0.25, -0.2) is 4.79 Å². The number of amides is 3. The number of rotatable bonds is 10. The summed E-state index contributed by atoms with van der Waals surface area (Å²) in [5.74, 6) is -3.93. The molecule has 0 spiro atoms. The average Bonchev–Trinajstić information content (AvgIpc) is 2.53. The smallest absolute Gasteiger partial charge is 0.328 e. The quantitative estimate of drug-likeness (QED) is 0.208. The third-order valence-corrected chi connectivity index (χ3v) is 3.57. The Labute approximate surface area is 151 Å². The third-order valence-electron chi connectivity index (χ3n) is 3.57. The fourth-order valence-corrected chi connectivity index (χ4v) is 1.85. The lowest BCUT2D eigenvalue weighted by Crippen LogP contribution is -2.59. The van der Waals surface area contributed by atoms with Crippen LogP contribution in [-0.2, 0) is 19.2 Å². The minimum atomic E-state index is -1.61. The molecule has 0 aliphatic heterocycles. The Bertz CT molecular complexity index is 522. The van der Waals surface area contributed by atoms with Crippen molar-refractivity contribution in [2.45, 2.75) is 58.0 Å². The molecule has 5 unspecified atom stereocenters. The van der Waals surface area contributed by atoms with Crippen LogP contribution in [0.15, 0.2) is 0 Å². The van der Waals surface area contributed by atoms with Gasteiger partial charge in [-0.2, -0.15) is 0 Å². The molecule has 26 heavy (non-hydrogen) atoms. The van der Waals surface area contributed by atoms with Crippen molar-refractivity contribution in [3.05, 3.63) is 0 Å². The first-order valence-electron chi connectivity index (χ1n) is 8.10. The molecule has 8 N–H and O–H groups in total. The zero-order valence-corrected chi connectivity index (χ0v) is 15.2. The normalized spacial score (nSPS) is 16.8. The van der Waals surface area contributed by atoms with Crippen LogP contribution in [0, 0.1) is 5.92 Å². The maximum atomic E-state index is 12.1. The number of hydrogen-bond donors (Lipinski definition) is 7. The molecular weight excluding hydrogens is 348 g/mol. The Morgan fingerprint density at radius 2 is 1.38 bits per heavy atom. The van der Waals surface area contributed by atoms with Gasteiger partial charge in [-0.1, -0.05) is 13.8 Å². The summed E-state index contributed by atoms with van der Waals surface area (Å²) in [6.07, 6.45) is -2.74. The van der Waals surface area contributed by atoms with E-state index in [1.165, 1.54) is 13.8 Å². The Balaban J connectivity index is 4.81. The lowest BCUT2D eigenvalue weighted by Gasteiger charge is -2.24. The van der Waals surface area contributed by atoms with Crippen LogP contribution in [0.25, 0.3) is 0 Å². The Morgan fingerprint density at radius 3 is 1.77 bits per heavy atom. The standard InChI is InChI=1S/C15H28N4O7/c1-6(2)10(16)13(23)17-5-9(22)18-11(7(3)20)14(24)19-12(8(4)21)15(25)26/h6-8,10-12,20-21H,5,16H2,1-4H3,(H,17,23)(H,18,22)(H,19,24)(H,25,26). The van der Waals surface area contributed by atoms with Gasteiger partial charge in [0, 0.05) is 0 Å². The number of carbonyl (C=O) groups is 4. The lowest BCUT2D eigenvalue weighted by atomic mass is 10.1. The molecule has 0 fully saturated rings. The lowest BCUT2D eigenvalue weighted by molar-refractivity contribution is -0.145. The average molecular weight is 376 g/mol. The minimum Gasteiger partial charge on any atom is -0.480 e. The molecule has 0 heterocycles. The van der Waals surface area contributed by atoms with Gasteiger partial charge in [0.05, 0.1) is 24.8 Å². The van der Waals surface area contributed by atoms with E-state index in [0.29, 0.717) is 0 Å². The van der Waals surface area contributed by atoms with E-state index in [2.05, 4.69) is 10.6 Å². The van der Waals surface area contributed by atoms with Gasteiger partial charge in [-0.15, -0.1) is 0 Å². The summed E-state index contributed by atoms with van der Waals surface area (Å²) >= 11 is 0. The van der Waals surface area contributed by atoms with Gasteiger partial charge in [0.25, 0.3) is 0 Å². The van der Waals surface area contributed by atoms with Crippen LogP contribution in [0.1, 0.15) is 27.7 Å². The molecule has 3 amide bonds. The molecular formula is C15H28N4O7. The summed E-state index contributed by atoms with van der Waals surface area (Å²) in [5.41, 5.74) is 5.63. The molecule has 11 nitrogen and oxygen atoms in total. The highest BCUT2D eigenvalue weighted by Crippen LogP contribution is 1.99. The number of aliphatic carboxylic acids is 1. The van der Waals surface area contributed by atoms with Crippen LogP contribution in [0.2, 0.25) is 0 Å². The molecule has 150 valence electrons. The van der Waals surface area contributed by atoms with Crippen LogP contribution in [0.4, 0.5) is 0 Å². The zero-order valence-electron chi connectivity index (χ0n) is 15.2. The van der Waals surface area contributed by atoms with Crippen LogP contribution in [0.3, 0.4) is 0 Å². The van der Waals surface area contributed by atoms with Crippen LogP contribution < -0.4 is 21.7 Å². The number of aliphatic hydroxyl groups excluding tert-OH is 2. The maximum Gasteiger partial charge on any atom is 0.328 e. The number of carboxylic acids is 1. The summed E-state index contributed by atoms with van der Waals surface area (Å²) in [6, 6.07) is -3.89. The molecule has 0 aromatic heterocycles. The summed E-state index contributed by atoms with van der Waals surface area (Å²) in [6.45, 7) is 5.38. The summed E-state index contributed by atoms with van der Waals surface area (Å²) in [7, 11) is 0. The van der Waals surface area contributed by atoms with Gasteiger partial charge >= 0.3 is 5.97 Å². The van der Waals surface area contributed by atoms with Gasteiger partial charge in [-0.3, -0.25) is 14.4 Å². The van der Waals surface area contributed by atoms with Gasteiger partial charge in [0.15, 0.2) is 6.04 Å². The van der Waals surface area contributed by atoms with Gasteiger partial charge in [-0.05, 0) is 19.8 Å². The van der Waals surface area contributed by atoms with E-state index in [1.54, 1.807) is 13.8 Å². The van der Waals surface area contributed by atoms with Gasteiger partial charge in [0.2, 0.25) is 17.7 Å². The van der Waals surface area contributed by atoms with Crippen molar-refractivity contribution in [2.75, 3.05) is 6.54 Å². The molecule has 0 radical (unpaired) electrons. The van der Waals surface area contributed by atoms with Crippen LogP contribution in [-0.4, -0.2) is 75.9 Å². The first-order chi connectivity index (χ1) is 11.9. The Morgan fingerprint density at radius 1 is 0.885 bits per heavy atom. The molecule has 0 aliphatic carbocycles. The second-order valence-electron chi connectivity index (χ2n) is 6.34. The van der Waals surface area contributed by atoms with E-state index in [0.717, 1.165) is 0 Å². The van der Waals surface area contributed by atoms with Gasteiger partial charge in [0.1, 0.15) is 6.04 Å². The largest absolute Gasteiger partial charge is 0.480 e. The predicted octanol–water partition coefficient (Wildman–Crippen LogP) is -3.10. The van der Waals surface area contributed by atoms with Crippen LogP contribution >= 0.6 is 0 Å². The van der Waals surface area contributed by atoms with Gasteiger partial charge < -0.3 is 37.0 Å². The Hall–Kier alpha value is -2.24. The van der Waals surface area contributed by atoms with Crippen molar-refractivity contribution in [1.29, 1.82) is 0 Å². The Kier molecular flexibility index (Phi) is 9.76. The van der Waals surface area contributed by atoms with Crippen molar-refractivity contribution in [2.24, 2.45) is 11.7 Å². The highest BCUT2D eigenvalue weighted by atomic mass is 16.4. The van der Waals surface area contributed by atoms with Crippen molar-refractivity contribution >= 4 is 23.7 Å². The highest BCUT2D eigenvalue weighted by Gasteiger charge is 2.31. The molecule has 0 aromatic carbocycles. The predicted molar refractivity (Wildman–Crippen MR) is 90.7 cm³/mol. The van der Waals surface area contributed by atoms with Crippen LogP contribution in [0.5, 0.6) is 0 Å². The molecule has 0 saturated heterocycles. The van der Waals surface area contributed by atoms with E-state index in [9.17, 15) is 29.4 Å². The van der Waals surface area contributed by atoms with Crippen molar-refractivity contribution < 1.29 is 34.5 Å². The molecule has 0 rings (SSSR count). The molecule has 0 aromatic rings.